The molecule has 0 radical (unpaired) electrons. The Morgan fingerprint density at radius 2 is 2.42 bits per heavy atom. The highest BCUT2D eigenvalue weighted by atomic mass is 16.3. The smallest absolute Gasteiger partial charge is 0.270 e. The number of amides is 1. The maximum atomic E-state index is 12.5. The fourth-order valence-electron chi connectivity index (χ4n) is 2.64. The van der Waals surface area contributed by atoms with Crippen molar-refractivity contribution in [3.8, 4) is 0 Å². The lowest BCUT2D eigenvalue weighted by molar-refractivity contribution is 0.0177. The van der Waals surface area contributed by atoms with Crippen molar-refractivity contribution in [1.82, 2.24) is 14.9 Å². The summed E-state index contributed by atoms with van der Waals surface area (Å²) in [6.07, 6.45) is 2.87. The van der Waals surface area contributed by atoms with Crippen LogP contribution in [0.1, 0.15) is 30.3 Å². The highest BCUT2D eigenvalue weighted by Crippen LogP contribution is 2.21. The fraction of sp³-hybridized carbons (Fsp3) is 0.429. The van der Waals surface area contributed by atoms with Gasteiger partial charge in [-0.25, -0.2) is 4.98 Å². The van der Waals surface area contributed by atoms with Crippen LogP contribution < -0.4 is 0 Å². The summed E-state index contributed by atoms with van der Waals surface area (Å²) >= 11 is 0. The first-order valence-electron chi connectivity index (χ1n) is 6.59. The minimum absolute atomic E-state index is 0.0655. The molecule has 100 valence electrons. The van der Waals surface area contributed by atoms with Gasteiger partial charge in [0.25, 0.3) is 5.91 Å². The number of carbonyl (C=O) groups is 1. The molecule has 1 fully saturated rings. The second-order valence-electron chi connectivity index (χ2n) is 5.07. The summed E-state index contributed by atoms with van der Waals surface area (Å²) in [6.45, 7) is 2.59. The van der Waals surface area contributed by atoms with Crippen molar-refractivity contribution in [1.29, 1.82) is 0 Å². The van der Waals surface area contributed by atoms with Crippen LogP contribution in [0.3, 0.4) is 0 Å². The summed E-state index contributed by atoms with van der Waals surface area (Å²) in [5.41, 5.74) is 1.26. The monoisotopic (exact) mass is 259 g/mol. The molecular formula is C14H17N3O2. The highest BCUT2D eigenvalue weighted by Gasteiger charge is 2.30. The standard InChI is InChI=1S/C14H17N3O2/c1-9-12(18)5-3-7-17(9)14(19)11-8-10-4-2-6-15-13(10)16-11/h2,4,6,8-9,12,18H,3,5,7H2,1H3,(H,15,16). The van der Waals surface area contributed by atoms with Crippen LogP contribution in [0.5, 0.6) is 0 Å². The van der Waals surface area contributed by atoms with Gasteiger partial charge in [-0.05, 0) is 38.0 Å². The number of nitrogens with one attached hydrogen (secondary N) is 1. The third-order valence-electron chi connectivity index (χ3n) is 3.83. The van der Waals surface area contributed by atoms with E-state index in [4.69, 9.17) is 0 Å². The van der Waals surface area contributed by atoms with Crippen LogP contribution in [-0.4, -0.2) is 44.6 Å². The number of aliphatic hydroxyl groups excluding tert-OH is 1. The number of nitrogens with zero attached hydrogens (tertiary/aromatic N) is 2. The number of carbonyl (C=O) groups excluding carboxylic acids is 1. The number of rotatable bonds is 1. The number of piperidine rings is 1. The molecule has 5 heteroatoms. The molecule has 1 aliphatic rings. The van der Waals surface area contributed by atoms with E-state index in [0.29, 0.717) is 12.2 Å². The van der Waals surface area contributed by atoms with E-state index in [0.717, 1.165) is 23.9 Å². The molecule has 0 spiro atoms. The van der Waals surface area contributed by atoms with Gasteiger partial charge in [-0.1, -0.05) is 0 Å². The minimum atomic E-state index is -0.430. The van der Waals surface area contributed by atoms with Crippen LogP contribution in [0.25, 0.3) is 11.0 Å². The molecule has 2 N–H and O–H groups in total. The predicted octanol–water partition coefficient (Wildman–Crippen LogP) is 1.55. The van der Waals surface area contributed by atoms with Crippen LogP contribution in [0.15, 0.2) is 24.4 Å². The zero-order chi connectivity index (χ0) is 13.4. The van der Waals surface area contributed by atoms with E-state index in [9.17, 15) is 9.90 Å². The number of aliphatic hydroxyl groups is 1. The molecule has 3 rings (SSSR count). The van der Waals surface area contributed by atoms with Crippen LogP contribution in [0.2, 0.25) is 0 Å². The zero-order valence-electron chi connectivity index (χ0n) is 10.8. The van der Waals surface area contributed by atoms with Gasteiger partial charge >= 0.3 is 0 Å². The average molecular weight is 259 g/mol. The van der Waals surface area contributed by atoms with Gasteiger partial charge < -0.3 is 15.0 Å². The minimum Gasteiger partial charge on any atom is -0.391 e. The van der Waals surface area contributed by atoms with Crippen molar-refractivity contribution >= 4 is 16.9 Å². The lowest BCUT2D eigenvalue weighted by Gasteiger charge is -2.36. The third kappa shape index (κ3) is 2.10. The van der Waals surface area contributed by atoms with Gasteiger partial charge in [0, 0.05) is 18.1 Å². The van der Waals surface area contributed by atoms with Crippen molar-refractivity contribution in [3.05, 3.63) is 30.1 Å². The first-order chi connectivity index (χ1) is 9.16. The van der Waals surface area contributed by atoms with E-state index in [-0.39, 0.29) is 11.9 Å². The molecule has 0 aliphatic carbocycles. The van der Waals surface area contributed by atoms with Gasteiger partial charge in [0.2, 0.25) is 0 Å². The molecule has 1 aliphatic heterocycles. The molecular weight excluding hydrogens is 242 g/mol. The number of aromatic amines is 1. The summed E-state index contributed by atoms with van der Waals surface area (Å²) < 4.78 is 0. The summed E-state index contributed by atoms with van der Waals surface area (Å²) in [5.74, 6) is -0.0655. The number of likely N-dealkylation sites (tertiary alicyclic amines) is 1. The Kier molecular flexibility index (Phi) is 2.98. The SMILES string of the molecule is CC1C(O)CCCN1C(=O)c1cc2cccnc2[nH]1. The Balaban J connectivity index is 1.90. The van der Waals surface area contributed by atoms with E-state index in [2.05, 4.69) is 9.97 Å². The van der Waals surface area contributed by atoms with Gasteiger partial charge in [0.05, 0.1) is 12.1 Å². The molecule has 2 aromatic rings. The normalized spacial score (nSPS) is 23.8. The van der Waals surface area contributed by atoms with Gasteiger partial charge in [0.15, 0.2) is 0 Å². The summed E-state index contributed by atoms with van der Waals surface area (Å²) in [4.78, 5) is 21.4. The van der Waals surface area contributed by atoms with E-state index >= 15 is 0 Å². The average Bonchev–Trinajstić information content (AvgIpc) is 2.85. The maximum absolute atomic E-state index is 12.5. The van der Waals surface area contributed by atoms with Crippen molar-refractivity contribution in [2.24, 2.45) is 0 Å². The fourth-order valence-corrected chi connectivity index (χ4v) is 2.64. The topological polar surface area (TPSA) is 69.2 Å². The van der Waals surface area contributed by atoms with Crippen molar-refractivity contribution in [3.63, 3.8) is 0 Å². The Hall–Kier alpha value is -1.88. The van der Waals surface area contributed by atoms with E-state index in [1.165, 1.54) is 0 Å². The molecule has 2 aromatic heterocycles. The highest BCUT2D eigenvalue weighted by molar-refractivity contribution is 5.97. The van der Waals surface area contributed by atoms with Crippen LogP contribution in [0.4, 0.5) is 0 Å². The largest absolute Gasteiger partial charge is 0.391 e. The van der Waals surface area contributed by atoms with E-state index < -0.39 is 6.10 Å². The van der Waals surface area contributed by atoms with E-state index in [1.54, 1.807) is 11.1 Å². The number of aromatic nitrogens is 2. The Morgan fingerprint density at radius 1 is 1.58 bits per heavy atom. The molecule has 0 bridgehead atoms. The van der Waals surface area contributed by atoms with Crippen LogP contribution >= 0.6 is 0 Å². The van der Waals surface area contributed by atoms with Gasteiger partial charge in [0.1, 0.15) is 11.3 Å². The van der Waals surface area contributed by atoms with Gasteiger partial charge in [-0.15, -0.1) is 0 Å². The van der Waals surface area contributed by atoms with Crippen molar-refractivity contribution < 1.29 is 9.90 Å². The molecule has 1 amide bonds. The quantitative estimate of drug-likeness (QED) is 0.816. The number of hydrogen-bond donors (Lipinski definition) is 2. The molecule has 0 saturated carbocycles. The molecule has 5 nitrogen and oxygen atoms in total. The molecule has 3 heterocycles. The van der Waals surface area contributed by atoms with Crippen molar-refractivity contribution in [2.75, 3.05) is 6.54 Å². The second-order valence-corrected chi connectivity index (χ2v) is 5.07. The molecule has 1 saturated heterocycles. The molecule has 2 unspecified atom stereocenters. The maximum Gasteiger partial charge on any atom is 0.270 e. The summed E-state index contributed by atoms with van der Waals surface area (Å²) in [7, 11) is 0. The summed E-state index contributed by atoms with van der Waals surface area (Å²) in [5, 5.41) is 10.8. The lowest BCUT2D eigenvalue weighted by atomic mass is 10.00. The number of H-pyrrole nitrogens is 1. The third-order valence-corrected chi connectivity index (χ3v) is 3.83. The molecule has 0 aromatic carbocycles. The predicted molar refractivity (Wildman–Crippen MR) is 71.8 cm³/mol. The zero-order valence-corrected chi connectivity index (χ0v) is 10.8. The summed E-state index contributed by atoms with van der Waals surface area (Å²) in [6, 6.07) is 5.45. The second kappa shape index (κ2) is 4.66. The lowest BCUT2D eigenvalue weighted by Crippen LogP contribution is -2.49. The molecule has 19 heavy (non-hydrogen) atoms. The first kappa shape index (κ1) is 12.2. The Bertz CT molecular complexity index is 575. The van der Waals surface area contributed by atoms with Crippen LogP contribution in [-0.2, 0) is 0 Å². The van der Waals surface area contributed by atoms with Crippen molar-refractivity contribution in [2.45, 2.75) is 31.9 Å². The number of fused-ring (bicyclic) bond motifs is 1. The van der Waals surface area contributed by atoms with Crippen LogP contribution in [0, 0.1) is 0 Å². The van der Waals surface area contributed by atoms with Gasteiger partial charge in [-0.3, -0.25) is 4.79 Å². The Labute approximate surface area is 111 Å². The molecule has 2 atom stereocenters. The van der Waals surface area contributed by atoms with E-state index in [1.807, 2.05) is 25.1 Å². The van der Waals surface area contributed by atoms with Gasteiger partial charge in [-0.2, -0.15) is 0 Å². The first-order valence-corrected chi connectivity index (χ1v) is 6.59. The number of pyridine rings is 1. The Morgan fingerprint density at radius 3 is 3.21 bits per heavy atom. The number of hydrogen-bond acceptors (Lipinski definition) is 3.